The van der Waals surface area contributed by atoms with Crippen molar-refractivity contribution in [2.45, 2.75) is 91.1 Å². The molecule has 0 aromatic heterocycles. The summed E-state index contributed by atoms with van der Waals surface area (Å²) in [6, 6.07) is 0. The van der Waals surface area contributed by atoms with E-state index in [-0.39, 0.29) is 0 Å². The molecule has 28 heavy (non-hydrogen) atoms. The van der Waals surface area contributed by atoms with Gasteiger partial charge in [0.2, 0.25) is 0 Å². The van der Waals surface area contributed by atoms with E-state index in [1.165, 1.54) is 68.9 Å². The average Bonchev–Trinajstić information content (AvgIpc) is 2.97. The number of aliphatic hydroxyl groups is 1. The minimum absolute atomic E-state index is 0.406. The molecule has 2 nitrogen and oxygen atoms in total. The van der Waals surface area contributed by atoms with Gasteiger partial charge in [-0.25, -0.2) is 0 Å². The molecule has 0 heterocycles. The lowest BCUT2D eigenvalue weighted by atomic mass is 9.61. The van der Waals surface area contributed by atoms with E-state index in [1.54, 1.807) is 5.57 Å². The first-order valence-electron chi connectivity index (χ1n) is 11.6. The van der Waals surface area contributed by atoms with E-state index in [2.05, 4.69) is 32.6 Å². The van der Waals surface area contributed by atoms with E-state index in [9.17, 15) is 5.11 Å². The van der Waals surface area contributed by atoms with Gasteiger partial charge in [-0.05, 0) is 100 Å². The summed E-state index contributed by atoms with van der Waals surface area (Å²) in [5.41, 5.74) is 4.22. The highest BCUT2D eigenvalue weighted by Gasteiger charge is 2.50. The molecule has 4 unspecified atom stereocenters. The summed E-state index contributed by atoms with van der Waals surface area (Å²) < 4.78 is 5.88. The molecule has 0 amide bonds. The SMILES string of the molecule is C=C1CCCCC1=CC=C1CCCC2(C)C1CCC2C(C)COCC(C)(C)O. The molecule has 0 spiro atoms. The number of fused-ring (bicyclic) bond motifs is 1. The van der Waals surface area contributed by atoms with Crippen LogP contribution >= 0.6 is 0 Å². The zero-order valence-corrected chi connectivity index (χ0v) is 18.7. The molecular weight excluding hydrogens is 344 g/mol. The Labute approximate surface area is 173 Å². The third-order valence-electron chi connectivity index (χ3n) is 7.69. The fourth-order valence-electron chi connectivity index (χ4n) is 6.22. The van der Waals surface area contributed by atoms with Gasteiger partial charge in [-0.15, -0.1) is 0 Å². The van der Waals surface area contributed by atoms with Crippen molar-refractivity contribution in [1.82, 2.24) is 0 Å². The third kappa shape index (κ3) is 5.00. The lowest BCUT2D eigenvalue weighted by Gasteiger charge is -2.44. The van der Waals surface area contributed by atoms with Crippen LogP contribution in [0.4, 0.5) is 0 Å². The molecule has 158 valence electrons. The molecule has 3 aliphatic carbocycles. The summed E-state index contributed by atoms with van der Waals surface area (Å²) in [6.45, 7) is 14.0. The van der Waals surface area contributed by atoms with Crippen molar-refractivity contribution in [2.75, 3.05) is 13.2 Å². The first kappa shape index (κ1) is 21.8. The first-order chi connectivity index (χ1) is 13.2. The van der Waals surface area contributed by atoms with Crippen LogP contribution in [-0.4, -0.2) is 23.9 Å². The monoisotopic (exact) mass is 386 g/mol. The predicted octanol–water partition coefficient (Wildman–Crippen LogP) is 6.61. The Bertz CT molecular complexity index is 621. The van der Waals surface area contributed by atoms with Crippen molar-refractivity contribution < 1.29 is 9.84 Å². The first-order valence-corrected chi connectivity index (χ1v) is 11.6. The Morgan fingerprint density at radius 2 is 1.93 bits per heavy atom. The standard InChI is InChI=1S/C26H42O2/c1-19-9-6-7-10-21(19)12-13-22-11-8-16-26(5)23(14-15-24(22)26)20(2)17-28-18-25(3,4)27/h12-13,20,23-24,27H,1,6-11,14-18H2,2-5H3. The molecular formula is C26H42O2. The van der Waals surface area contributed by atoms with E-state index in [4.69, 9.17) is 4.74 Å². The molecule has 2 heteroatoms. The average molecular weight is 387 g/mol. The van der Waals surface area contributed by atoms with Gasteiger partial charge in [-0.3, -0.25) is 0 Å². The van der Waals surface area contributed by atoms with E-state index >= 15 is 0 Å². The molecule has 0 radical (unpaired) electrons. The van der Waals surface area contributed by atoms with Gasteiger partial charge in [0, 0.05) is 6.61 Å². The second kappa shape index (κ2) is 8.88. The smallest absolute Gasteiger partial charge is 0.0824 e. The van der Waals surface area contributed by atoms with Gasteiger partial charge in [0.25, 0.3) is 0 Å². The number of ether oxygens (including phenoxy) is 1. The molecule has 4 atom stereocenters. The van der Waals surface area contributed by atoms with Crippen LogP contribution in [0.25, 0.3) is 0 Å². The maximum absolute atomic E-state index is 9.91. The summed E-state index contributed by atoms with van der Waals surface area (Å²) in [5.74, 6) is 2.00. The Morgan fingerprint density at radius 1 is 1.18 bits per heavy atom. The molecule has 3 fully saturated rings. The molecule has 0 saturated heterocycles. The highest BCUT2D eigenvalue weighted by Crippen LogP contribution is 2.59. The minimum atomic E-state index is -0.737. The molecule has 3 saturated carbocycles. The fourth-order valence-corrected chi connectivity index (χ4v) is 6.22. The second-order valence-corrected chi connectivity index (χ2v) is 10.6. The number of hydrogen-bond acceptors (Lipinski definition) is 2. The van der Waals surface area contributed by atoms with Crippen LogP contribution in [0.3, 0.4) is 0 Å². The largest absolute Gasteiger partial charge is 0.388 e. The molecule has 0 bridgehead atoms. The van der Waals surface area contributed by atoms with E-state index in [1.807, 2.05) is 13.8 Å². The third-order valence-corrected chi connectivity index (χ3v) is 7.69. The topological polar surface area (TPSA) is 29.5 Å². The Morgan fingerprint density at radius 3 is 2.64 bits per heavy atom. The second-order valence-electron chi connectivity index (χ2n) is 10.6. The van der Waals surface area contributed by atoms with E-state index in [0.717, 1.165) is 18.4 Å². The zero-order chi connectivity index (χ0) is 20.4. The van der Waals surface area contributed by atoms with Crippen LogP contribution < -0.4 is 0 Å². The van der Waals surface area contributed by atoms with Gasteiger partial charge >= 0.3 is 0 Å². The fraction of sp³-hybridized carbons (Fsp3) is 0.769. The van der Waals surface area contributed by atoms with Crippen LogP contribution in [0.15, 0.2) is 35.5 Å². The van der Waals surface area contributed by atoms with Gasteiger partial charge in [0.05, 0.1) is 12.2 Å². The molecule has 3 aliphatic rings. The molecule has 0 aromatic rings. The highest BCUT2D eigenvalue weighted by molar-refractivity contribution is 5.35. The van der Waals surface area contributed by atoms with Crippen molar-refractivity contribution in [1.29, 1.82) is 0 Å². The lowest BCUT2D eigenvalue weighted by molar-refractivity contribution is -0.0424. The molecule has 0 aromatic carbocycles. The van der Waals surface area contributed by atoms with Gasteiger partial charge in [0.15, 0.2) is 0 Å². The van der Waals surface area contributed by atoms with Crippen LogP contribution in [0.5, 0.6) is 0 Å². The van der Waals surface area contributed by atoms with E-state index < -0.39 is 5.60 Å². The van der Waals surface area contributed by atoms with Crippen molar-refractivity contribution in [2.24, 2.45) is 23.2 Å². The van der Waals surface area contributed by atoms with Crippen molar-refractivity contribution in [3.8, 4) is 0 Å². The van der Waals surface area contributed by atoms with Crippen LogP contribution in [0, 0.1) is 23.2 Å². The number of allylic oxidation sites excluding steroid dienone is 5. The van der Waals surface area contributed by atoms with Crippen molar-refractivity contribution in [3.05, 3.63) is 35.5 Å². The zero-order valence-electron chi connectivity index (χ0n) is 18.7. The van der Waals surface area contributed by atoms with Crippen molar-refractivity contribution in [3.63, 3.8) is 0 Å². The predicted molar refractivity (Wildman–Crippen MR) is 118 cm³/mol. The summed E-state index contributed by atoms with van der Waals surface area (Å²) in [6.07, 6.45) is 16.5. The van der Waals surface area contributed by atoms with Gasteiger partial charge < -0.3 is 9.84 Å². The Kier molecular flexibility index (Phi) is 6.92. The van der Waals surface area contributed by atoms with Gasteiger partial charge in [0.1, 0.15) is 0 Å². The number of rotatable bonds is 6. The molecule has 3 rings (SSSR count). The quantitative estimate of drug-likeness (QED) is 0.556. The maximum atomic E-state index is 9.91. The highest BCUT2D eigenvalue weighted by atomic mass is 16.5. The summed E-state index contributed by atoms with van der Waals surface area (Å²) >= 11 is 0. The van der Waals surface area contributed by atoms with Crippen LogP contribution in [0.1, 0.15) is 85.5 Å². The van der Waals surface area contributed by atoms with E-state index in [0.29, 0.717) is 17.9 Å². The van der Waals surface area contributed by atoms with Crippen LogP contribution in [-0.2, 0) is 4.74 Å². The van der Waals surface area contributed by atoms with Crippen LogP contribution in [0.2, 0.25) is 0 Å². The normalized spacial score (nSPS) is 35.4. The Balaban J connectivity index is 1.67. The lowest BCUT2D eigenvalue weighted by Crippen LogP contribution is -2.37. The van der Waals surface area contributed by atoms with Gasteiger partial charge in [-0.2, -0.15) is 0 Å². The summed E-state index contributed by atoms with van der Waals surface area (Å²) in [7, 11) is 0. The summed E-state index contributed by atoms with van der Waals surface area (Å²) in [4.78, 5) is 0. The van der Waals surface area contributed by atoms with Crippen molar-refractivity contribution >= 4 is 0 Å². The summed E-state index contributed by atoms with van der Waals surface area (Å²) in [5, 5.41) is 9.91. The Hall–Kier alpha value is -0.860. The minimum Gasteiger partial charge on any atom is -0.388 e. The maximum Gasteiger partial charge on any atom is 0.0824 e. The molecule has 0 aliphatic heterocycles. The number of hydrogen-bond donors (Lipinski definition) is 1. The van der Waals surface area contributed by atoms with Gasteiger partial charge in [-0.1, -0.05) is 43.7 Å². The molecule has 1 N–H and O–H groups in total.